The van der Waals surface area contributed by atoms with Crippen LogP contribution in [0.15, 0.2) is 42.6 Å². The molecule has 26 heavy (non-hydrogen) atoms. The van der Waals surface area contributed by atoms with Crippen LogP contribution in [-0.2, 0) is 11.3 Å². The molecular formula is C20H27N3O3. The number of nitrogens with zero attached hydrogens (tertiary/aromatic N) is 3. The minimum Gasteiger partial charge on any atom is -0.487 e. The predicted molar refractivity (Wildman–Crippen MR) is 99.1 cm³/mol. The zero-order valence-corrected chi connectivity index (χ0v) is 15.7. The summed E-state index contributed by atoms with van der Waals surface area (Å²) in [5.41, 5.74) is 0.451. The van der Waals surface area contributed by atoms with Crippen LogP contribution in [-0.4, -0.2) is 39.5 Å². The number of carbonyl (C=O) groups is 1. The number of piperidine rings is 1. The number of hydrogen-bond donors (Lipinski definition) is 0. The van der Waals surface area contributed by atoms with Gasteiger partial charge in [0.2, 0.25) is 0 Å². The van der Waals surface area contributed by atoms with Crippen LogP contribution < -0.4 is 4.74 Å². The van der Waals surface area contributed by atoms with E-state index in [-0.39, 0.29) is 6.09 Å². The van der Waals surface area contributed by atoms with Gasteiger partial charge < -0.3 is 14.4 Å². The molecule has 1 amide bonds. The van der Waals surface area contributed by atoms with Crippen molar-refractivity contribution in [2.75, 3.05) is 13.1 Å². The molecule has 6 nitrogen and oxygen atoms in total. The Labute approximate surface area is 154 Å². The minimum absolute atomic E-state index is 0.228. The maximum atomic E-state index is 12.1. The molecule has 1 saturated heterocycles. The lowest BCUT2D eigenvalue weighted by Gasteiger charge is -2.33. The van der Waals surface area contributed by atoms with Crippen molar-refractivity contribution in [3.63, 3.8) is 0 Å². The van der Waals surface area contributed by atoms with Gasteiger partial charge in [-0.05, 0) is 51.8 Å². The monoisotopic (exact) mass is 357 g/mol. The Balaban J connectivity index is 1.49. The molecule has 1 aliphatic rings. The molecule has 1 aliphatic heterocycles. The molecule has 0 unspecified atom stereocenters. The first kappa shape index (κ1) is 18.3. The van der Waals surface area contributed by atoms with Crippen molar-refractivity contribution < 1.29 is 14.3 Å². The van der Waals surface area contributed by atoms with Crippen LogP contribution in [0.4, 0.5) is 4.79 Å². The molecule has 0 bridgehead atoms. The summed E-state index contributed by atoms with van der Waals surface area (Å²) in [6, 6.07) is 12.0. The molecule has 140 valence electrons. The van der Waals surface area contributed by atoms with E-state index in [1.54, 1.807) is 4.90 Å². The molecule has 6 heteroatoms. The van der Waals surface area contributed by atoms with Gasteiger partial charge in [0.25, 0.3) is 0 Å². The molecule has 0 radical (unpaired) electrons. The third-order valence-corrected chi connectivity index (χ3v) is 4.28. The largest absolute Gasteiger partial charge is 0.487 e. The van der Waals surface area contributed by atoms with Gasteiger partial charge in [0.15, 0.2) is 0 Å². The van der Waals surface area contributed by atoms with E-state index in [0.29, 0.717) is 25.7 Å². The Bertz CT molecular complexity index is 713. The van der Waals surface area contributed by atoms with Crippen molar-refractivity contribution in [3.05, 3.63) is 48.3 Å². The smallest absolute Gasteiger partial charge is 0.410 e. The summed E-state index contributed by atoms with van der Waals surface area (Å²) in [6.45, 7) is 7.50. The van der Waals surface area contributed by atoms with Crippen LogP contribution in [0.3, 0.4) is 0 Å². The maximum Gasteiger partial charge on any atom is 0.410 e. The number of amides is 1. The van der Waals surface area contributed by atoms with Gasteiger partial charge in [-0.1, -0.05) is 18.2 Å². The first-order valence-corrected chi connectivity index (χ1v) is 9.10. The lowest BCUT2D eigenvalue weighted by molar-refractivity contribution is 0.0184. The highest BCUT2D eigenvalue weighted by atomic mass is 16.6. The first-order valence-electron chi connectivity index (χ1n) is 9.10. The summed E-state index contributed by atoms with van der Waals surface area (Å²) in [5, 5.41) is 4.64. The van der Waals surface area contributed by atoms with Gasteiger partial charge in [0, 0.05) is 19.3 Å². The van der Waals surface area contributed by atoms with E-state index in [4.69, 9.17) is 9.47 Å². The molecule has 0 saturated carbocycles. The molecule has 1 aromatic heterocycles. The molecule has 2 heterocycles. The minimum atomic E-state index is -0.455. The third-order valence-electron chi connectivity index (χ3n) is 4.28. The summed E-state index contributed by atoms with van der Waals surface area (Å²) in [5.74, 6) is 0.840. The Morgan fingerprint density at radius 1 is 1.15 bits per heavy atom. The number of para-hydroxylation sites is 1. The quantitative estimate of drug-likeness (QED) is 0.829. The van der Waals surface area contributed by atoms with Gasteiger partial charge in [-0.3, -0.25) is 4.68 Å². The third kappa shape index (κ3) is 5.00. The Morgan fingerprint density at radius 2 is 1.85 bits per heavy atom. The Kier molecular flexibility index (Phi) is 5.49. The van der Waals surface area contributed by atoms with Gasteiger partial charge in [0.05, 0.1) is 11.7 Å². The van der Waals surface area contributed by atoms with Crippen LogP contribution >= 0.6 is 0 Å². The Morgan fingerprint density at radius 3 is 2.50 bits per heavy atom. The standard InChI is InChI=1S/C20H27N3O3/c1-20(2,3)26-19(24)22-12-10-17(11-13-22)23-14-9-16(21-23)15-25-18-7-5-4-6-8-18/h4-9,14,17H,10-13,15H2,1-3H3. The number of benzene rings is 1. The maximum absolute atomic E-state index is 12.1. The van der Waals surface area contributed by atoms with E-state index in [2.05, 4.69) is 5.10 Å². The summed E-state index contributed by atoms with van der Waals surface area (Å²) in [6.07, 6.45) is 3.52. The number of likely N-dealkylation sites (tertiary alicyclic amines) is 1. The molecule has 0 N–H and O–H groups in total. The van der Waals surface area contributed by atoms with Gasteiger partial charge in [-0.25, -0.2) is 4.79 Å². The summed E-state index contributed by atoms with van der Waals surface area (Å²) in [4.78, 5) is 13.9. The van der Waals surface area contributed by atoms with Crippen molar-refractivity contribution >= 4 is 6.09 Å². The average molecular weight is 357 g/mol. The number of aromatic nitrogens is 2. The van der Waals surface area contributed by atoms with E-state index in [0.717, 1.165) is 24.3 Å². The van der Waals surface area contributed by atoms with E-state index >= 15 is 0 Å². The van der Waals surface area contributed by atoms with Crippen molar-refractivity contribution in [2.45, 2.75) is 51.9 Å². The fourth-order valence-corrected chi connectivity index (χ4v) is 2.97. The molecule has 0 atom stereocenters. The van der Waals surface area contributed by atoms with Gasteiger partial charge in [-0.2, -0.15) is 5.10 Å². The summed E-state index contributed by atoms with van der Waals surface area (Å²) in [7, 11) is 0. The summed E-state index contributed by atoms with van der Waals surface area (Å²) >= 11 is 0. The van der Waals surface area contributed by atoms with Crippen LogP contribution in [0.25, 0.3) is 0 Å². The van der Waals surface area contributed by atoms with Gasteiger partial charge >= 0.3 is 6.09 Å². The predicted octanol–water partition coefficient (Wildman–Crippen LogP) is 4.03. The lowest BCUT2D eigenvalue weighted by Crippen LogP contribution is -2.42. The van der Waals surface area contributed by atoms with Gasteiger partial charge in [-0.15, -0.1) is 0 Å². The fraction of sp³-hybridized carbons (Fsp3) is 0.500. The highest BCUT2D eigenvalue weighted by Gasteiger charge is 2.27. The van der Waals surface area contributed by atoms with Crippen LogP contribution in [0.1, 0.15) is 45.3 Å². The van der Waals surface area contributed by atoms with Crippen LogP contribution in [0, 0.1) is 0 Å². The number of rotatable bonds is 4. The first-order chi connectivity index (χ1) is 12.4. The van der Waals surface area contributed by atoms with E-state index in [9.17, 15) is 4.79 Å². The highest BCUT2D eigenvalue weighted by molar-refractivity contribution is 5.68. The van der Waals surface area contributed by atoms with E-state index in [1.165, 1.54) is 0 Å². The normalized spacial score (nSPS) is 15.7. The Hall–Kier alpha value is -2.50. The van der Waals surface area contributed by atoms with Crippen molar-refractivity contribution in [2.24, 2.45) is 0 Å². The molecule has 0 aliphatic carbocycles. The van der Waals surface area contributed by atoms with Crippen molar-refractivity contribution in [1.29, 1.82) is 0 Å². The highest BCUT2D eigenvalue weighted by Crippen LogP contribution is 2.23. The number of carbonyl (C=O) groups excluding carboxylic acids is 1. The average Bonchev–Trinajstić information content (AvgIpc) is 3.08. The van der Waals surface area contributed by atoms with Crippen LogP contribution in [0.2, 0.25) is 0 Å². The topological polar surface area (TPSA) is 56.6 Å². The molecule has 1 aromatic carbocycles. The van der Waals surface area contributed by atoms with Crippen molar-refractivity contribution in [1.82, 2.24) is 14.7 Å². The molecule has 0 spiro atoms. The van der Waals surface area contributed by atoms with E-state index in [1.807, 2.05) is 68.0 Å². The molecule has 1 fully saturated rings. The van der Waals surface area contributed by atoms with Crippen molar-refractivity contribution in [3.8, 4) is 5.75 Å². The SMILES string of the molecule is CC(C)(C)OC(=O)N1CCC(n2ccc(COc3ccccc3)n2)CC1. The second kappa shape index (κ2) is 7.81. The molecule has 3 rings (SSSR count). The fourth-order valence-electron chi connectivity index (χ4n) is 2.97. The zero-order valence-electron chi connectivity index (χ0n) is 15.7. The molecular weight excluding hydrogens is 330 g/mol. The second-order valence-electron chi connectivity index (χ2n) is 7.59. The molecule has 2 aromatic rings. The lowest BCUT2D eigenvalue weighted by atomic mass is 10.1. The van der Waals surface area contributed by atoms with E-state index < -0.39 is 5.60 Å². The number of hydrogen-bond acceptors (Lipinski definition) is 4. The summed E-state index contributed by atoms with van der Waals surface area (Å²) < 4.78 is 13.2. The van der Waals surface area contributed by atoms with Crippen LogP contribution in [0.5, 0.6) is 5.75 Å². The zero-order chi connectivity index (χ0) is 18.6. The van der Waals surface area contributed by atoms with Gasteiger partial charge in [0.1, 0.15) is 18.0 Å². The number of ether oxygens (including phenoxy) is 2. The second-order valence-corrected chi connectivity index (χ2v) is 7.59.